The van der Waals surface area contributed by atoms with E-state index in [0.717, 1.165) is 44.1 Å². The maximum atomic E-state index is 5.74. The smallest absolute Gasteiger partial charge is 0.228 e. The summed E-state index contributed by atoms with van der Waals surface area (Å²) in [6.45, 7) is 2.57. The standard InChI is InChI=1S/C17H25N7O/c1-23(12-15-19-8-5-14(18)21-15)13-4-3-10-24(11-7-13)17-20-9-6-16(22-17)25-2/h5-6,8-9,13H,3-4,7,10-12H2,1-2H3,(H2,18,19,21)/t13-/m0/s1. The second kappa shape index (κ2) is 8.06. The van der Waals surface area contributed by atoms with Crippen molar-refractivity contribution in [2.75, 3.05) is 37.9 Å². The molecule has 8 nitrogen and oxygen atoms in total. The van der Waals surface area contributed by atoms with E-state index in [4.69, 9.17) is 10.5 Å². The number of nitrogen functional groups attached to an aromatic ring is 1. The molecule has 0 unspecified atom stereocenters. The van der Waals surface area contributed by atoms with Gasteiger partial charge in [0.25, 0.3) is 0 Å². The second-order valence-electron chi connectivity index (χ2n) is 6.28. The van der Waals surface area contributed by atoms with Gasteiger partial charge < -0.3 is 15.4 Å². The summed E-state index contributed by atoms with van der Waals surface area (Å²) >= 11 is 0. The summed E-state index contributed by atoms with van der Waals surface area (Å²) in [6.07, 6.45) is 6.71. The van der Waals surface area contributed by atoms with Gasteiger partial charge in [-0.1, -0.05) is 0 Å². The van der Waals surface area contributed by atoms with Crippen LogP contribution in [-0.2, 0) is 6.54 Å². The molecule has 1 fully saturated rings. The maximum absolute atomic E-state index is 5.74. The molecule has 0 saturated carbocycles. The van der Waals surface area contributed by atoms with Gasteiger partial charge in [0.15, 0.2) is 0 Å². The highest BCUT2D eigenvalue weighted by molar-refractivity contribution is 5.32. The number of ether oxygens (including phenoxy) is 1. The second-order valence-corrected chi connectivity index (χ2v) is 6.28. The predicted octanol–water partition coefficient (Wildman–Crippen LogP) is 1.35. The Morgan fingerprint density at radius 2 is 2.04 bits per heavy atom. The molecule has 0 aromatic carbocycles. The molecule has 25 heavy (non-hydrogen) atoms. The molecule has 0 radical (unpaired) electrons. The summed E-state index contributed by atoms with van der Waals surface area (Å²) in [5, 5.41) is 0. The highest BCUT2D eigenvalue weighted by atomic mass is 16.5. The summed E-state index contributed by atoms with van der Waals surface area (Å²) in [5.41, 5.74) is 5.74. The number of nitrogens with zero attached hydrogens (tertiary/aromatic N) is 6. The lowest BCUT2D eigenvalue weighted by atomic mass is 10.1. The first-order valence-electron chi connectivity index (χ1n) is 8.55. The first-order valence-corrected chi connectivity index (χ1v) is 8.55. The number of methoxy groups -OCH3 is 1. The lowest BCUT2D eigenvalue weighted by Crippen LogP contribution is -2.33. The molecule has 8 heteroatoms. The van der Waals surface area contributed by atoms with Crippen LogP contribution < -0.4 is 15.4 Å². The number of rotatable bonds is 5. The van der Waals surface area contributed by atoms with E-state index in [1.165, 1.54) is 0 Å². The Bertz CT molecular complexity index is 696. The van der Waals surface area contributed by atoms with Crippen LogP contribution in [0.25, 0.3) is 0 Å². The van der Waals surface area contributed by atoms with Gasteiger partial charge >= 0.3 is 0 Å². The van der Waals surface area contributed by atoms with Crippen LogP contribution in [0.5, 0.6) is 5.88 Å². The average molecular weight is 343 g/mol. The van der Waals surface area contributed by atoms with Crippen molar-refractivity contribution in [1.29, 1.82) is 0 Å². The molecule has 0 spiro atoms. The fraction of sp³-hybridized carbons (Fsp3) is 0.529. The molecule has 0 aliphatic carbocycles. The third-order valence-electron chi connectivity index (χ3n) is 4.55. The normalized spacial score (nSPS) is 18.2. The molecule has 3 rings (SSSR count). The van der Waals surface area contributed by atoms with Gasteiger partial charge in [-0.15, -0.1) is 0 Å². The number of hydrogen-bond donors (Lipinski definition) is 1. The minimum atomic E-state index is 0.473. The molecule has 2 N–H and O–H groups in total. The lowest BCUT2D eigenvalue weighted by molar-refractivity contribution is 0.212. The van der Waals surface area contributed by atoms with E-state index in [1.807, 2.05) is 0 Å². The average Bonchev–Trinajstić information content (AvgIpc) is 2.88. The van der Waals surface area contributed by atoms with Gasteiger partial charge in [0.05, 0.1) is 13.7 Å². The molecule has 1 atom stereocenters. The molecule has 1 saturated heterocycles. The molecular formula is C17H25N7O. The zero-order chi connectivity index (χ0) is 17.6. The van der Waals surface area contributed by atoms with Crippen LogP contribution in [0.1, 0.15) is 25.1 Å². The highest BCUT2D eigenvalue weighted by Gasteiger charge is 2.22. The zero-order valence-electron chi connectivity index (χ0n) is 14.8. The van der Waals surface area contributed by atoms with Crippen LogP contribution >= 0.6 is 0 Å². The fourth-order valence-corrected chi connectivity index (χ4v) is 3.16. The van der Waals surface area contributed by atoms with Gasteiger partial charge in [-0.3, -0.25) is 4.90 Å². The van der Waals surface area contributed by atoms with E-state index in [2.05, 4.69) is 36.8 Å². The summed E-state index contributed by atoms with van der Waals surface area (Å²) < 4.78 is 5.20. The van der Waals surface area contributed by atoms with Gasteiger partial charge in [0.1, 0.15) is 11.6 Å². The van der Waals surface area contributed by atoms with E-state index >= 15 is 0 Å². The summed E-state index contributed by atoms with van der Waals surface area (Å²) in [4.78, 5) is 22.0. The molecule has 2 aromatic heterocycles. The van der Waals surface area contributed by atoms with Gasteiger partial charge in [-0.2, -0.15) is 4.98 Å². The summed E-state index contributed by atoms with van der Waals surface area (Å²) in [5.74, 6) is 2.61. The first kappa shape index (κ1) is 17.3. The van der Waals surface area contributed by atoms with E-state index in [0.29, 0.717) is 24.3 Å². The largest absolute Gasteiger partial charge is 0.481 e. The third-order valence-corrected chi connectivity index (χ3v) is 4.55. The Morgan fingerprint density at radius 3 is 2.84 bits per heavy atom. The van der Waals surface area contributed by atoms with Crippen molar-refractivity contribution < 1.29 is 4.74 Å². The van der Waals surface area contributed by atoms with Gasteiger partial charge in [0, 0.05) is 37.6 Å². The van der Waals surface area contributed by atoms with Crippen LogP contribution in [0.3, 0.4) is 0 Å². The molecule has 0 bridgehead atoms. The van der Waals surface area contributed by atoms with Crippen molar-refractivity contribution >= 4 is 11.8 Å². The van der Waals surface area contributed by atoms with Crippen molar-refractivity contribution in [3.8, 4) is 5.88 Å². The van der Waals surface area contributed by atoms with Crippen molar-refractivity contribution in [1.82, 2.24) is 24.8 Å². The Hall–Kier alpha value is -2.48. The minimum absolute atomic E-state index is 0.473. The molecule has 1 aliphatic rings. The quantitative estimate of drug-likeness (QED) is 0.869. The van der Waals surface area contributed by atoms with E-state index in [1.54, 1.807) is 31.6 Å². The summed E-state index contributed by atoms with van der Waals surface area (Å²) in [7, 11) is 3.74. The van der Waals surface area contributed by atoms with Crippen LogP contribution in [0.4, 0.5) is 11.8 Å². The van der Waals surface area contributed by atoms with Crippen LogP contribution in [0, 0.1) is 0 Å². The van der Waals surface area contributed by atoms with Gasteiger partial charge in [-0.25, -0.2) is 15.0 Å². The van der Waals surface area contributed by atoms with Gasteiger partial charge in [-0.05, 0) is 32.4 Å². The van der Waals surface area contributed by atoms with Crippen LogP contribution in [-0.4, -0.2) is 58.1 Å². The zero-order valence-corrected chi connectivity index (χ0v) is 14.8. The Morgan fingerprint density at radius 1 is 1.20 bits per heavy atom. The molecule has 2 aromatic rings. The van der Waals surface area contributed by atoms with Crippen LogP contribution in [0.2, 0.25) is 0 Å². The molecular weight excluding hydrogens is 318 g/mol. The SMILES string of the molecule is COc1ccnc(N2CCC[C@H](N(C)Cc3nccc(N)n3)CC2)n1. The van der Waals surface area contributed by atoms with Gasteiger partial charge in [0.2, 0.25) is 11.8 Å². The number of aromatic nitrogens is 4. The Labute approximate surface area is 148 Å². The summed E-state index contributed by atoms with van der Waals surface area (Å²) in [6, 6.07) is 3.95. The number of anilines is 2. The Balaban J connectivity index is 1.60. The highest BCUT2D eigenvalue weighted by Crippen LogP contribution is 2.21. The third kappa shape index (κ3) is 4.54. The minimum Gasteiger partial charge on any atom is -0.481 e. The van der Waals surface area contributed by atoms with E-state index in [-0.39, 0.29) is 0 Å². The van der Waals surface area contributed by atoms with Crippen molar-refractivity contribution in [3.05, 3.63) is 30.4 Å². The number of hydrogen-bond acceptors (Lipinski definition) is 8. The van der Waals surface area contributed by atoms with E-state index < -0.39 is 0 Å². The fourth-order valence-electron chi connectivity index (χ4n) is 3.16. The topological polar surface area (TPSA) is 93.3 Å². The van der Waals surface area contributed by atoms with Crippen molar-refractivity contribution in [2.24, 2.45) is 0 Å². The monoisotopic (exact) mass is 343 g/mol. The van der Waals surface area contributed by atoms with Crippen LogP contribution in [0.15, 0.2) is 24.5 Å². The molecule has 1 aliphatic heterocycles. The molecule has 3 heterocycles. The predicted molar refractivity (Wildman–Crippen MR) is 96.3 cm³/mol. The lowest BCUT2D eigenvalue weighted by Gasteiger charge is -2.26. The number of nitrogens with two attached hydrogens (primary N) is 1. The van der Waals surface area contributed by atoms with E-state index in [9.17, 15) is 0 Å². The molecule has 134 valence electrons. The molecule has 0 amide bonds. The maximum Gasteiger partial charge on any atom is 0.228 e. The Kier molecular flexibility index (Phi) is 5.60. The first-order chi connectivity index (χ1) is 12.2. The van der Waals surface area contributed by atoms with Crippen molar-refractivity contribution in [2.45, 2.75) is 31.8 Å². The van der Waals surface area contributed by atoms with Crippen molar-refractivity contribution in [3.63, 3.8) is 0 Å².